The van der Waals surface area contributed by atoms with Gasteiger partial charge in [-0.15, -0.1) is 0 Å². The van der Waals surface area contributed by atoms with E-state index in [2.05, 4.69) is 4.98 Å². The molecule has 6 nitrogen and oxygen atoms in total. The highest BCUT2D eigenvalue weighted by Crippen LogP contribution is 2.25. The van der Waals surface area contributed by atoms with E-state index < -0.39 is 4.92 Å². The van der Waals surface area contributed by atoms with Crippen LogP contribution in [0.4, 0.5) is 5.69 Å². The average Bonchev–Trinajstić information content (AvgIpc) is 2.31. The van der Waals surface area contributed by atoms with Crippen LogP contribution in [0.15, 0.2) is 18.3 Å². The molecular formula is C10H12N2O4. The molecule has 0 aliphatic carbocycles. The highest BCUT2D eigenvalue weighted by molar-refractivity contribution is 5.39. The van der Waals surface area contributed by atoms with E-state index >= 15 is 0 Å². The molecule has 16 heavy (non-hydrogen) atoms. The minimum atomic E-state index is -0.494. The van der Waals surface area contributed by atoms with Gasteiger partial charge in [-0.05, 0) is 18.9 Å². The second-order valence-corrected chi connectivity index (χ2v) is 3.54. The van der Waals surface area contributed by atoms with E-state index in [1.807, 2.05) is 0 Å². The summed E-state index contributed by atoms with van der Waals surface area (Å²) in [6.45, 7) is 1.19. The summed E-state index contributed by atoms with van der Waals surface area (Å²) in [6, 6.07) is 2.90. The van der Waals surface area contributed by atoms with Crippen molar-refractivity contribution >= 4 is 5.69 Å². The van der Waals surface area contributed by atoms with Crippen LogP contribution in [0.5, 0.6) is 5.88 Å². The average molecular weight is 224 g/mol. The highest BCUT2D eigenvalue weighted by atomic mass is 16.6. The Morgan fingerprint density at radius 2 is 2.50 bits per heavy atom. The third kappa shape index (κ3) is 2.46. The van der Waals surface area contributed by atoms with Gasteiger partial charge in [-0.3, -0.25) is 10.1 Å². The third-order valence-corrected chi connectivity index (χ3v) is 2.34. The summed E-state index contributed by atoms with van der Waals surface area (Å²) >= 11 is 0. The quantitative estimate of drug-likeness (QED) is 0.575. The van der Waals surface area contributed by atoms with Crippen molar-refractivity contribution in [3.8, 4) is 5.88 Å². The number of aromatic nitrogens is 1. The molecule has 0 aromatic carbocycles. The SMILES string of the molecule is O=[N+]([O-])c1cccnc1OC1CCCOC1. The van der Waals surface area contributed by atoms with E-state index in [1.54, 1.807) is 0 Å². The van der Waals surface area contributed by atoms with Crippen molar-refractivity contribution in [2.24, 2.45) is 0 Å². The van der Waals surface area contributed by atoms with Gasteiger partial charge in [0.1, 0.15) is 6.10 Å². The van der Waals surface area contributed by atoms with Gasteiger partial charge in [0.25, 0.3) is 5.88 Å². The minimum Gasteiger partial charge on any atom is -0.467 e. The molecule has 1 aromatic heterocycles. The Morgan fingerprint density at radius 3 is 3.19 bits per heavy atom. The van der Waals surface area contributed by atoms with Crippen molar-refractivity contribution < 1.29 is 14.4 Å². The second-order valence-electron chi connectivity index (χ2n) is 3.54. The molecule has 0 saturated carbocycles. The van der Waals surface area contributed by atoms with E-state index in [9.17, 15) is 10.1 Å². The summed E-state index contributed by atoms with van der Waals surface area (Å²) in [5, 5.41) is 10.7. The maximum absolute atomic E-state index is 10.7. The van der Waals surface area contributed by atoms with Crippen molar-refractivity contribution in [3.63, 3.8) is 0 Å². The minimum absolute atomic E-state index is 0.0722. The fourth-order valence-electron chi connectivity index (χ4n) is 1.57. The maximum atomic E-state index is 10.7. The normalized spacial score (nSPS) is 20.4. The van der Waals surface area contributed by atoms with E-state index in [4.69, 9.17) is 9.47 Å². The van der Waals surface area contributed by atoms with Gasteiger partial charge in [-0.1, -0.05) is 0 Å². The molecule has 1 unspecified atom stereocenters. The smallest absolute Gasteiger partial charge is 0.330 e. The Kier molecular flexibility index (Phi) is 3.31. The molecule has 1 fully saturated rings. The molecule has 2 heterocycles. The lowest BCUT2D eigenvalue weighted by Gasteiger charge is -2.22. The van der Waals surface area contributed by atoms with E-state index in [0.717, 1.165) is 19.4 Å². The first-order chi connectivity index (χ1) is 7.77. The predicted molar refractivity (Wildman–Crippen MR) is 55.4 cm³/mol. The Bertz CT molecular complexity index is 377. The van der Waals surface area contributed by atoms with Crippen molar-refractivity contribution in [2.45, 2.75) is 18.9 Å². The Hall–Kier alpha value is -1.69. The van der Waals surface area contributed by atoms with Crippen LogP contribution in [-0.4, -0.2) is 29.2 Å². The van der Waals surface area contributed by atoms with E-state index in [-0.39, 0.29) is 17.7 Å². The molecule has 0 radical (unpaired) electrons. The lowest BCUT2D eigenvalue weighted by molar-refractivity contribution is -0.386. The summed E-state index contributed by atoms with van der Waals surface area (Å²) in [5.74, 6) is 0.0722. The zero-order valence-corrected chi connectivity index (χ0v) is 8.67. The summed E-state index contributed by atoms with van der Waals surface area (Å²) in [6.07, 6.45) is 3.09. The van der Waals surface area contributed by atoms with Crippen LogP contribution in [0.25, 0.3) is 0 Å². The van der Waals surface area contributed by atoms with Crippen molar-refractivity contribution in [3.05, 3.63) is 28.4 Å². The van der Waals surface area contributed by atoms with Gasteiger partial charge in [0.2, 0.25) is 0 Å². The molecule has 1 aliphatic heterocycles. The van der Waals surface area contributed by atoms with Crippen LogP contribution in [0.1, 0.15) is 12.8 Å². The van der Waals surface area contributed by atoms with Crippen LogP contribution in [0, 0.1) is 10.1 Å². The third-order valence-electron chi connectivity index (χ3n) is 2.34. The molecule has 0 amide bonds. The number of ether oxygens (including phenoxy) is 2. The largest absolute Gasteiger partial charge is 0.467 e. The first kappa shape index (κ1) is 10.8. The van der Waals surface area contributed by atoms with Crippen LogP contribution >= 0.6 is 0 Å². The van der Waals surface area contributed by atoms with Crippen LogP contribution in [0.3, 0.4) is 0 Å². The molecule has 6 heteroatoms. The fourth-order valence-corrected chi connectivity index (χ4v) is 1.57. The summed E-state index contributed by atoms with van der Waals surface area (Å²) in [4.78, 5) is 14.1. The zero-order chi connectivity index (χ0) is 11.4. The number of nitro groups is 1. The first-order valence-electron chi connectivity index (χ1n) is 5.11. The molecule has 0 spiro atoms. The van der Waals surface area contributed by atoms with Gasteiger partial charge < -0.3 is 9.47 Å². The number of hydrogen-bond donors (Lipinski definition) is 0. The van der Waals surface area contributed by atoms with Crippen LogP contribution in [-0.2, 0) is 4.74 Å². The lowest BCUT2D eigenvalue weighted by Crippen LogP contribution is -2.28. The van der Waals surface area contributed by atoms with Gasteiger partial charge >= 0.3 is 5.69 Å². The summed E-state index contributed by atoms with van der Waals surface area (Å²) in [7, 11) is 0. The Morgan fingerprint density at radius 1 is 1.62 bits per heavy atom. The standard InChI is InChI=1S/C10H12N2O4/c13-12(14)9-4-1-5-11-10(9)16-8-3-2-6-15-7-8/h1,4-5,8H,2-3,6-7H2. The Balaban J connectivity index is 2.10. The van der Waals surface area contributed by atoms with Gasteiger partial charge in [0.05, 0.1) is 11.5 Å². The zero-order valence-electron chi connectivity index (χ0n) is 8.67. The Labute approximate surface area is 92.3 Å². The summed E-state index contributed by atoms with van der Waals surface area (Å²) < 4.78 is 10.7. The van der Waals surface area contributed by atoms with Gasteiger partial charge in [0, 0.05) is 18.9 Å². The molecular weight excluding hydrogens is 212 g/mol. The molecule has 1 aliphatic rings. The molecule has 1 saturated heterocycles. The molecule has 1 aromatic rings. The fraction of sp³-hybridized carbons (Fsp3) is 0.500. The predicted octanol–water partition coefficient (Wildman–Crippen LogP) is 1.55. The molecule has 0 bridgehead atoms. The molecule has 0 N–H and O–H groups in total. The van der Waals surface area contributed by atoms with Gasteiger partial charge in [-0.25, -0.2) is 4.98 Å². The lowest BCUT2D eigenvalue weighted by atomic mass is 10.2. The second kappa shape index (κ2) is 4.89. The number of nitrogens with zero attached hydrogens (tertiary/aromatic N) is 2. The molecule has 2 rings (SSSR count). The number of rotatable bonds is 3. The topological polar surface area (TPSA) is 74.5 Å². The molecule has 86 valence electrons. The highest BCUT2D eigenvalue weighted by Gasteiger charge is 2.21. The van der Waals surface area contributed by atoms with Gasteiger partial charge in [0.15, 0.2) is 0 Å². The van der Waals surface area contributed by atoms with Crippen molar-refractivity contribution in [2.75, 3.05) is 13.2 Å². The number of hydrogen-bond acceptors (Lipinski definition) is 5. The van der Waals surface area contributed by atoms with Gasteiger partial charge in [-0.2, -0.15) is 0 Å². The van der Waals surface area contributed by atoms with Crippen molar-refractivity contribution in [1.82, 2.24) is 4.98 Å². The first-order valence-corrected chi connectivity index (χ1v) is 5.11. The van der Waals surface area contributed by atoms with Crippen molar-refractivity contribution in [1.29, 1.82) is 0 Å². The summed E-state index contributed by atoms with van der Waals surface area (Å²) in [5.41, 5.74) is -0.104. The number of pyridine rings is 1. The van der Waals surface area contributed by atoms with E-state index in [1.165, 1.54) is 18.3 Å². The monoisotopic (exact) mass is 224 g/mol. The van der Waals surface area contributed by atoms with E-state index in [0.29, 0.717) is 6.61 Å². The maximum Gasteiger partial charge on any atom is 0.330 e. The van der Waals surface area contributed by atoms with Crippen LogP contribution < -0.4 is 4.74 Å². The van der Waals surface area contributed by atoms with Crippen LogP contribution in [0.2, 0.25) is 0 Å². The molecule has 1 atom stereocenters.